The smallest absolute Gasteiger partial charge is 0.251 e. The highest BCUT2D eigenvalue weighted by Gasteiger charge is 2.29. The van der Waals surface area contributed by atoms with Crippen LogP contribution in [0.25, 0.3) is 0 Å². The Balaban J connectivity index is 1.48. The molecule has 27 heavy (non-hydrogen) atoms. The molecule has 0 bridgehead atoms. The van der Waals surface area contributed by atoms with Crippen LogP contribution in [0.2, 0.25) is 0 Å². The molecule has 0 aromatic heterocycles. The van der Waals surface area contributed by atoms with Crippen LogP contribution in [0.4, 0.5) is 5.69 Å². The van der Waals surface area contributed by atoms with Crippen molar-refractivity contribution in [3.63, 3.8) is 0 Å². The molecule has 0 saturated heterocycles. The molecule has 2 aromatic rings. The quantitative estimate of drug-likeness (QED) is 0.705. The van der Waals surface area contributed by atoms with Crippen LogP contribution >= 0.6 is 0 Å². The molecule has 3 N–H and O–H groups in total. The SMILES string of the molecule is CC(=O)NCc1ccc(C(=O)NCc2ccc(NC(=O)C3CC3)cc2)cc1. The zero-order chi connectivity index (χ0) is 19.2. The maximum Gasteiger partial charge on any atom is 0.251 e. The van der Waals surface area contributed by atoms with Gasteiger partial charge in [0.25, 0.3) is 5.91 Å². The van der Waals surface area contributed by atoms with Crippen LogP contribution in [-0.4, -0.2) is 17.7 Å². The largest absolute Gasteiger partial charge is 0.352 e. The lowest BCUT2D eigenvalue weighted by molar-refractivity contribution is -0.119. The maximum absolute atomic E-state index is 12.3. The van der Waals surface area contributed by atoms with E-state index in [0.717, 1.165) is 29.7 Å². The Hall–Kier alpha value is -3.15. The Morgan fingerprint density at radius 3 is 1.96 bits per heavy atom. The molecule has 6 heteroatoms. The van der Waals surface area contributed by atoms with E-state index in [1.165, 1.54) is 6.92 Å². The van der Waals surface area contributed by atoms with Crippen LogP contribution in [0.5, 0.6) is 0 Å². The summed E-state index contributed by atoms with van der Waals surface area (Å²) in [6.07, 6.45) is 1.95. The van der Waals surface area contributed by atoms with E-state index in [-0.39, 0.29) is 23.6 Å². The first kappa shape index (κ1) is 18.6. The molecule has 1 saturated carbocycles. The zero-order valence-electron chi connectivity index (χ0n) is 15.2. The van der Waals surface area contributed by atoms with E-state index >= 15 is 0 Å². The molecule has 0 unspecified atom stereocenters. The number of carbonyl (C=O) groups is 3. The molecule has 0 heterocycles. The monoisotopic (exact) mass is 365 g/mol. The van der Waals surface area contributed by atoms with E-state index in [1.807, 2.05) is 36.4 Å². The number of benzene rings is 2. The third kappa shape index (κ3) is 5.67. The number of hydrogen-bond acceptors (Lipinski definition) is 3. The van der Waals surface area contributed by atoms with Gasteiger partial charge in [-0.1, -0.05) is 24.3 Å². The van der Waals surface area contributed by atoms with Crippen LogP contribution < -0.4 is 16.0 Å². The number of anilines is 1. The minimum absolute atomic E-state index is 0.0815. The van der Waals surface area contributed by atoms with Gasteiger partial charge in [-0.25, -0.2) is 0 Å². The molecule has 0 atom stereocenters. The van der Waals surface area contributed by atoms with E-state index < -0.39 is 0 Å². The number of amides is 3. The predicted octanol–water partition coefficient (Wildman–Crippen LogP) is 2.60. The molecule has 0 radical (unpaired) electrons. The Labute approximate surface area is 158 Å². The van der Waals surface area contributed by atoms with Crippen molar-refractivity contribution in [3.8, 4) is 0 Å². The molecule has 0 aliphatic heterocycles. The van der Waals surface area contributed by atoms with Crippen molar-refractivity contribution < 1.29 is 14.4 Å². The van der Waals surface area contributed by atoms with Gasteiger partial charge in [0.2, 0.25) is 11.8 Å². The van der Waals surface area contributed by atoms with Crippen molar-refractivity contribution >= 4 is 23.4 Å². The van der Waals surface area contributed by atoms with Gasteiger partial charge in [-0.05, 0) is 48.2 Å². The first-order chi connectivity index (χ1) is 13.0. The Morgan fingerprint density at radius 1 is 0.852 bits per heavy atom. The van der Waals surface area contributed by atoms with Gasteiger partial charge in [-0.2, -0.15) is 0 Å². The highest BCUT2D eigenvalue weighted by atomic mass is 16.2. The fourth-order valence-electron chi connectivity index (χ4n) is 2.58. The molecule has 3 amide bonds. The van der Waals surface area contributed by atoms with Crippen molar-refractivity contribution in [1.29, 1.82) is 0 Å². The van der Waals surface area contributed by atoms with Crippen molar-refractivity contribution in [1.82, 2.24) is 10.6 Å². The average molecular weight is 365 g/mol. The second-order valence-corrected chi connectivity index (χ2v) is 6.75. The molecule has 3 rings (SSSR count). The zero-order valence-corrected chi connectivity index (χ0v) is 15.2. The van der Waals surface area contributed by atoms with E-state index in [1.54, 1.807) is 12.1 Å². The van der Waals surface area contributed by atoms with Crippen molar-refractivity contribution in [3.05, 3.63) is 65.2 Å². The summed E-state index contributed by atoms with van der Waals surface area (Å²) < 4.78 is 0. The predicted molar refractivity (Wildman–Crippen MR) is 103 cm³/mol. The van der Waals surface area contributed by atoms with Crippen LogP contribution in [0.1, 0.15) is 41.3 Å². The second-order valence-electron chi connectivity index (χ2n) is 6.75. The van der Waals surface area contributed by atoms with Gasteiger partial charge in [0, 0.05) is 37.2 Å². The number of hydrogen-bond donors (Lipinski definition) is 3. The Kier molecular flexibility index (Phi) is 5.86. The lowest BCUT2D eigenvalue weighted by Crippen LogP contribution is -2.23. The Morgan fingerprint density at radius 2 is 1.41 bits per heavy atom. The van der Waals surface area contributed by atoms with Gasteiger partial charge >= 0.3 is 0 Å². The highest BCUT2D eigenvalue weighted by Crippen LogP contribution is 2.30. The summed E-state index contributed by atoms with van der Waals surface area (Å²) in [5.74, 6) is 0.00808. The van der Waals surface area contributed by atoms with Crippen LogP contribution in [-0.2, 0) is 22.7 Å². The molecule has 140 valence electrons. The summed E-state index contributed by atoms with van der Waals surface area (Å²) >= 11 is 0. The van der Waals surface area contributed by atoms with Gasteiger partial charge in [-0.3, -0.25) is 14.4 Å². The topological polar surface area (TPSA) is 87.3 Å². The second kappa shape index (κ2) is 8.49. The van der Waals surface area contributed by atoms with Crippen molar-refractivity contribution in [2.75, 3.05) is 5.32 Å². The summed E-state index contributed by atoms with van der Waals surface area (Å²) in [6.45, 7) is 2.32. The minimum Gasteiger partial charge on any atom is -0.352 e. The lowest BCUT2D eigenvalue weighted by atomic mass is 10.1. The first-order valence-electron chi connectivity index (χ1n) is 9.02. The lowest BCUT2D eigenvalue weighted by Gasteiger charge is -2.08. The van der Waals surface area contributed by atoms with Crippen LogP contribution in [0.3, 0.4) is 0 Å². The molecule has 1 fully saturated rings. The van der Waals surface area contributed by atoms with Crippen LogP contribution in [0, 0.1) is 5.92 Å². The number of carbonyl (C=O) groups excluding carboxylic acids is 3. The third-order valence-electron chi connectivity index (χ3n) is 4.38. The summed E-state index contributed by atoms with van der Waals surface area (Å²) in [6, 6.07) is 14.6. The van der Waals surface area contributed by atoms with Gasteiger partial charge in [0.15, 0.2) is 0 Å². The van der Waals surface area contributed by atoms with E-state index in [4.69, 9.17) is 0 Å². The van der Waals surface area contributed by atoms with Crippen molar-refractivity contribution in [2.24, 2.45) is 5.92 Å². The normalized spacial score (nSPS) is 12.9. The fraction of sp³-hybridized carbons (Fsp3) is 0.286. The summed E-state index contributed by atoms with van der Waals surface area (Å²) in [5.41, 5.74) is 3.23. The van der Waals surface area contributed by atoms with Gasteiger partial charge in [0.1, 0.15) is 0 Å². The molecule has 1 aliphatic rings. The van der Waals surface area contributed by atoms with Gasteiger partial charge < -0.3 is 16.0 Å². The minimum atomic E-state index is -0.160. The summed E-state index contributed by atoms with van der Waals surface area (Å²) in [5, 5.41) is 8.49. The van der Waals surface area contributed by atoms with E-state index in [9.17, 15) is 14.4 Å². The molecular weight excluding hydrogens is 342 g/mol. The first-order valence-corrected chi connectivity index (χ1v) is 9.02. The summed E-state index contributed by atoms with van der Waals surface area (Å²) in [7, 11) is 0. The average Bonchev–Trinajstić information content (AvgIpc) is 3.51. The van der Waals surface area contributed by atoms with Crippen molar-refractivity contribution in [2.45, 2.75) is 32.9 Å². The van der Waals surface area contributed by atoms with Gasteiger partial charge in [0.05, 0.1) is 0 Å². The fourth-order valence-corrected chi connectivity index (χ4v) is 2.58. The molecular formula is C21H23N3O3. The van der Waals surface area contributed by atoms with Crippen LogP contribution in [0.15, 0.2) is 48.5 Å². The number of rotatable bonds is 7. The molecule has 0 spiro atoms. The molecule has 6 nitrogen and oxygen atoms in total. The number of nitrogens with one attached hydrogen (secondary N) is 3. The third-order valence-corrected chi connectivity index (χ3v) is 4.38. The van der Waals surface area contributed by atoms with E-state index in [2.05, 4.69) is 16.0 Å². The standard InChI is InChI=1S/C21H23N3O3/c1-14(25)22-12-15-2-6-17(7-3-15)20(26)23-13-16-4-10-19(11-5-16)24-21(27)18-8-9-18/h2-7,10-11,18H,8-9,12-13H2,1H3,(H,22,25)(H,23,26)(H,24,27). The Bertz CT molecular complexity index is 825. The molecule has 1 aliphatic carbocycles. The van der Waals surface area contributed by atoms with Gasteiger partial charge in [-0.15, -0.1) is 0 Å². The molecule has 2 aromatic carbocycles. The highest BCUT2D eigenvalue weighted by molar-refractivity contribution is 5.94. The summed E-state index contributed by atoms with van der Waals surface area (Å²) in [4.78, 5) is 34.9. The maximum atomic E-state index is 12.3. The van der Waals surface area contributed by atoms with E-state index in [0.29, 0.717) is 18.7 Å².